The molecule has 0 spiro atoms. The number of hydrogen-bond acceptors (Lipinski definition) is 3. The molecule has 0 heterocycles. The van der Waals surface area contributed by atoms with Gasteiger partial charge >= 0.3 is 5.97 Å². The molecule has 2 rings (SSSR count). The predicted octanol–water partition coefficient (Wildman–Crippen LogP) is 3.38. The average Bonchev–Trinajstić information content (AvgIpc) is 2.49. The molecule has 3 heteroatoms. The first-order valence-electron chi connectivity index (χ1n) is 7.40. The van der Waals surface area contributed by atoms with Crippen LogP contribution in [0.4, 0.5) is 0 Å². The van der Waals surface area contributed by atoms with Gasteiger partial charge in [0.15, 0.2) is 0 Å². The lowest BCUT2D eigenvalue weighted by molar-refractivity contribution is -0.139. The highest BCUT2D eigenvalue weighted by Crippen LogP contribution is 2.23. The minimum absolute atomic E-state index is 0.0954. The van der Waals surface area contributed by atoms with Gasteiger partial charge in [-0.15, -0.1) is 0 Å². The van der Waals surface area contributed by atoms with Crippen molar-refractivity contribution in [2.45, 2.75) is 45.2 Å². The maximum Gasteiger partial charge on any atom is 0.335 e. The van der Waals surface area contributed by atoms with Crippen molar-refractivity contribution in [2.24, 2.45) is 0 Å². The maximum absolute atomic E-state index is 12.0. The quantitative estimate of drug-likeness (QED) is 0.836. The fourth-order valence-electron chi connectivity index (χ4n) is 2.63. The zero-order chi connectivity index (χ0) is 14.4. The molecule has 1 aliphatic carbocycles. The Balaban J connectivity index is 2.05. The number of carbonyl (C=O) groups excluding carboxylic acids is 1. The molecule has 108 valence electrons. The van der Waals surface area contributed by atoms with Crippen LogP contribution in [0.1, 0.15) is 44.7 Å². The molecular formula is C17H23NO2. The molecule has 0 radical (unpaired) electrons. The lowest BCUT2D eigenvalue weighted by Crippen LogP contribution is -2.37. The van der Waals surface area contributed by atoms with Gasteiger partial charge < -0.3 is 10.1 Å². The number of carbonyl (C=O) groups is 1. The molecule has 1 N–H and O–H groups in total. The van der Waals surface area contributed by atoms with E-state index in [9.17, 15) is 4.79 Å². The number of rotatable bonds is 5. The average molecular weight is 273 g/mol. The van der Waals surface area contributed by atoms with E-state index in [2.05, 4.69) is 24.4 Å². The second-order valence-corrected chi connectivity index (χ2v) is 5.16. The summed E-state index contributed by atoms with van der Waals surface area (Å²) in [7, 11) is 0. The highest BCUT2D eigenvalue weighted by atomic mass is 16.5. The Morgan fingerprint density at radius 3 is 2.85 bits per heavy atom. The summed E-state index contributed by atoms with van der Waals surface area (Å²) in [5, 5.41) is 3.56. The first kappa shape index (κ1) is 14.8. The molecule has 1 aromatic carbocycles. The van der Waals surface area contributed by atoms with Crippen molar-refractivity contribution in [1.29, 1.82) is 0 Å². The van der Waals surface area contributed by atoms with Gasteiger partial charge in [-0.05, 0) is 38.7 Å². The molecule has 3 nitrogen and oxygen atoms in total. The standard InChI is InChI=1S/C17H23NO2/c1-3-20-17(19)15-11-7-8-12-16(15)18-13(2)14-9-5-4-6-10-14/h4-6,9-11,13,16,18H,3,7-8,12H2,1-2H3/t13?,16-/m0/s1. The molecule has 0 aliphatic heterocycles. The normalized spacial score (nSPS) is 20.1. The number of allylic oxidation sites excluding steroid dienone is 1. The van der Waals surface area contributed by atoms with Gasteiger partial charge in [0.2, 0.25) is 0 Å². The predicted molar refractivity (Wildman–Crippen MR) is 80.3 cm³/mol. The summed E-state index contributed by atoms with van der Waals surface area (Å²) in [4.78, 5) is 12.0. The van der Waals surface area contributed by atoms with Crippen LogP contribution in [0.2, 0.25) is 0 Å². The van der Waals surface area contributed by atoms with Crippen molar-refractivity contribution >= 4 is 5.97 Å². The summed E-state index contributed by atoms with van der Waals surface area (Å²) in [5.74, 6) is -0.176. The minimum atomic E-state index is -0.176. The molecule has 20 heavy (non-hydrogen) atoms. The second-order valence-electron chi connectivity index (χ2n) is 5.16. The highest BCUT2D eigenvalue weighted by Gasteiger charge is 2.25. The van der Waals surface area contributed by atoms with E-state index < -0.39 is 0 Å². The van der Waals surface area contributed by atoms with Crippen LogP contribution in [0.3, 0.4) is 0 Å². The fraction of sp³-hybridized carbons (Fsp3) is 0.471. The summed E-state index contributed by atoms with van der Waals surface area (Å²) >= 11 is 0. The summed E-state index contributed by atoms with van der Waals surface area (Å²) in [6.45, 7) is 4.40. The highest BCUT2D eigenvalue weighted by molar-refractivity contribution is 5.90. The molecule has 1 aliphatic rings. The molecule has 0 saturated heterocycles. The van der Waals surface area contributed by atoms with Crippen molar-refractivity contribution in [2.75, 3.05) is 6.61 Å². The molecular weight excluding hydrogens is 250 g/mol. The molecule has 0 amide bonds. The van der Waals surface area contributed by atoms with Crippen LogP contribution in [0.5, 0.6) is 0 Å². The lowest BCUT2D eigenvalue weighted by Gasteiger charge is -2.27. The summed E-state index contributed by atoms with van der Waals surface area (Å²) < 4.78 is 5.15. The van der Waals surface area contributed by atoms with Gasteiger partial charge in [-0.1, -0.05) is 36.4 Å². The molecule has 0 saturated carbocycles. The summed E-state index contributed by atoms with van der Waals surface area (Å²) in [6, 6.07) is 10.6. The van der Waals surface area contributed by atoms with Gasteiger partial charge in [-0.25, -0.2) is 4.79 Å². The Bertz CT molecular complexity index is 467. The van der Waals surface area contributed by atoms with Gasteiger partial charge in [-0.2, -0.15) is 0 Å². The molecule has 2 atom stereocenters. The zero-order valence-corrected chi connectivity index (χ0v) is 12.3. The number of esters is 1. The Morgan fingerprint density at radius 2 is 2.15 bits per heavy atom. The molecule has 1 aromatic rings. The van der Waals surface area contributed by atoms with Crippen molar-refractivity contribution in [3.8, 4) is 0 Å². The van der Waals surface area contributed by atoms with E-state index in [0.717, 1.165) is 24.8 Å². The van der Waals surface area contributed by atoms with Crippen LogP contribution >= 0.6 is 0 Å². The van der Waals surface area contributed by atoms with Crippen LogP contribution in [-0.4, -0.2) is 18.6 Å². The van der Waals surface area contributed by atoms with E-state index >= 15 is 0 Å². The third-order valence-electron chi connectivity index (χ3n) is 3.70. The van der Waals surface area contributed by atoms with Gasteiger partial charge in [0.25, 0.3) is 0 Å². The van der Waals surface area contributed by atoms with E-state index in [-0.39, 0.29) is 18.1 Å². The van der Waals surface area contributed by atoms with Crippen LogP contribution in [0.25, 0.3) is 0 Å². The Morgan fingerprint density at radius 1 is 1.40 bits per heavy atom. The van der Waals surface area contributed by atoms with E-state index in [4.69, 9.17) is 4.74 Å². The van der Waals surface area contributed by atoms with Crippen molar-refractivity contribution < 1.29 is 9.53 Å². The smallest absolute Gasteiger partial charge is 0.335 e. The van der Waals surface area contributed by atoms with E-state index in [1.165, 1.54) is 5.56 Å². The number of hydrogen-bond donors (Lipinski definition) is 1. The van der Waals surface area contributed by atoms with Crippen LogP contribution < -0.4 is 5.32 Å². The summed E-state index contributed by atoms with van der Waals surface area (Å²) in [6.07, 6.45) is 5.09. The number of benzene rings is 1. The third-order valence-corrected chi connectivity index (χ3v) is 3.70. The van der Waals surface area contributed by atoms with E-state index in [1.54, 1.807) is 0 Å². The second kappa shape index (κ2) is 7.25. The van der Waals surface area contributed by atoms with Crippen LogP contribution in [0, 0.1) is 0 Å². The van der Waals surface area contributed by atoms with E-state index in [0.29, 0.717) is 6.61 Å². The SMILES string of the molecule is CCOC(=O)C1=CCCC[C@@H]1NC(C)c1ccccc1. The first-order chi connectivity index (χ1) is 9.72. The molecule has 0 fully saturated rings. The monoisotopic (exact) mass is 273 g/mol. The van der Waals surface area contributed by atoms with Crippen molar-refractivity contribution in [1.82, 2.24) is 5.32 Å². The number of ether oxygens (including phenoxy) is 1. The van der Waals surface area contributed by atoms with Crippen LogP contribution in [0.15, 0.2) is 42.0 Å². The van der Waals surface area contributed by atoms with Crippen molar-refractivity contribution in [3.63, 3.8) is 0 Å². The Labute approximate surface area is 121 Å². The topological polar surface area (TPSA) is 38.3 Å². The van der Waals surface area contributed by atoms with Gasteiger partial charge in [0.1, 0.15) is 0 Å². The number of nitrogens with one attached hydrogen (secondary N) is 1. The molecule has 1 unspecified atom stereocenters. The van der Waals surface area contributed by atoms with Gasteiger partial charge in [0, 0.05) is 12.1 Å². The van der Waals surface area contributed by atoms with E-state index in [1.807, 2.05) is 31.2 Å². The minimum Gasteiger partial charge on any atom is -0.463 e. The van der Waals surface area contributed by atoms with Gasteiger partial charge in [-0.3, -0.25) is 0 Å². The molecule has 0 aromatic heterocycles. The van der Waals surface area contributed by atoms with Gasteiger partial charge in [0.05, 0.1) is 12.2 Å². The Hall–Kier alpha value is -1.61. The lowest BCUT2D eigenvalue weighted by atomic mass is 9.92. The summed E-state index contributed by atoms with van der Waals surface area (Å²) in [5.41, 5.74) is 2.03. The third kappa shape index (κ3) is 3.70. The van der Waals surface area contributed by atoms with Crippen LogP contribution in [-0.2, 0) is 9.53 Å². The largest absolute Gasteiger partial charge is 0.463 e. The maximum atomic E-state index is 12.0. The Kier molecular flexibility index (Phi) is 5.36. The van der Waals surface area contributed by atoms with Crippen molar-refractivity contribution in [3.05, 3.63) is 47.5 Å². The fourth-order valence-corrected chi connectivity index (χ4v) is 2.63. The zero-order valence-electron chi connectivity index (χ0n) is 12.3. The first-order valence-corrected chi connectivity index (χ1v) is 7.40. The molecule has 0 bridgehead atoms.